The van der Waals surface area contributed by atoms with Gasteiger partial charge in [-0.05, 0) is 68.2 Å². The van der Waals surface area contributed by atoms with Crippen molar-refractivity contribution in [3.05, 3.63) is 100 Å². The number of likely N-dealkylation sites (tertiary alicyclic amines) is 1. The topological polar surface area (TPSA) is 45.2 Å². The third-order valence-electron chi connectivity index (χ3n) is 5.93. The number of carbonyl (C=O) groups excluding carboxylic acids is 1. The van der Waals surface area contributed by atoms with Gasteiger partial charge in [-0.3, -0.25) is 14.7 Å². The van der Waals surface area contributed by atoms with Crippen LogP contribution in [0.3, 0.4) is 0 Å². The molecule has 1 saturated heterocycles. The first-order valence-electron chi connectivity index (χ1n) is 10.8. The number of pyridine rings is 1. The van der Waals surface area contributed by atoms with Crippen molar-refractivity contribution in [3.63, 3.8) is 0 Å². The van der Waals surface area contributed by atoms with E-state index < -0.39 is 0 Å². The number of hydrogen-bond acceptors (Lipinski definition) is 3. The molecule has 1 atom stereocenters. The van der Waals surface area contributed by atoms with E-state index in [2.05, 4.69) is 52.5 Å². The van der Waals surface area contributed by atoms with Crippen molar-refractivity contribution < 1.29 is 4.79 Å². The lowest BCUT2D eigenvalue weighted by Crippen LogP contribution is -2.41. The Bertz CT molecular complexity index is 999. The normalized spacial score (nSPS) is 16.1. The zero-order valence-electron chi connectivity index (χ0n) is 17.8. The van der Waals surface area contributed by atoms with Crippen LogP contribution in [0.15, 0.2) is 72.9 Å². The highest BCUT2D eigenvalue weighted by molar-refractivity contribution is 6.30. The number of carbonyl (C=O) groups is 1. The first-order chi connectivity index (χ1) is 15.1. The molecule has 3 aromatic rings. The van der Waals surface area contributed by atoms with Gasteiger partial charge in [0.05, 0.1) is 11.7 Å². The van der Waals surface area contributed by atoms with E-state index in [-0.39, 0.29) is 17.9 Å². The number of piperidine rings is 1. The highest BCUT2D eigenvalue weighted by atomic mass is 35.5. The predicted octanol–water partition coefficient (Wildman–Crippen LogP) is 5.16. The molecule has 1 aliphatic rings. The number of aryl methyl sites for hydroxylation is 1. The summed E-state index contributed by atoms with van der Waals surface area (Å²) in [7, 11) is 0. The van der Waals surface area contributed by atoms with Gasteiger partial charge in [0.15, 0.2) is 0 Å². The average molecular weight is 434 g/mol. The van der Waals surface area contributed by atoms with E-state index in [1.165, 1.54) is 11.1 Å². The molecule has 31 heavy (non-hydrogen) atoms. The van der Waals surface area contributed by atoms with Gasteiger partial charge in [-0.2, -0.15) is 0 Å². The van der Waals surface area contributed by atoms with Gasteiger partial charge in [-0.25, -0.2) is 0 Å². The van der Waals surface area contributed by atoms with Crippen molar-refractivity contribution in [2.24, 2.45) is 5.92 Å². The standard InChI is InChI=1S/C26H28ClN3O/c1-19-8-10-21(11-9-19)25(24-7-2-3-14-28-24)29-26(31)22-12-15-30(16-13-22)18-20-5-4-6-23(27)17-20/h2-11,14,17,22,25H,12-13,15-16,18H2,1H3,(H,29,31). The highest BCUT2D eigenvalue weighted by Crippen LogP contribution is 2.25. The minimum atomic E-state index is -0.237. The Hall–Kier alpha value is -2.69. The van der Waals surface area contributed by atoms with Gasteiger partial charge < -0.3 is 5.32 Å². The molecule has 0 aliphatic carbocycles. The van der Waals surface area contributed by atoms with Crippen molar-refractivity contribution in [2.45, 2.75) is 32.4 Å². The average Bonchev–Trinajstić information content (AvgIpc) is 2.79. The third-order valence-corrected chi connectivity index (χ3v) is 6.17. The van der Waals surface area contributed by atoms with Crippen LogP contribution in [0, 0.1) is 12.8 Å². The Labute approximate surface area is 189 Å². The number of rotatable bonds is 6. The van der Waals surface area contributed by atoms with E-state index in [4.69, 9.17) is 11.6 Å². The summed E-state index contributed by atoms with van der Waals surface area (Å²) in [6, 6.07) is 21.9. The molecular weight excluding hydrogens is 406 g/mol. The lowest BCUT2D eigenvalue weighted by atomic mass is 9.94. The van der Waals surface area contributed by atoms with E-state index in [0.717, 1.165) is 48.8 Å². The predicted molar refractivity (Wildman–Crippen MR) is 125 cm³/mol. The molecule has 4 rings (SSSR count). The van der Waals surface area contributed by atoms with Crippen LogP contribution in [0.5, 0.6) is 0 Å². The molecule has 1 N–H and O–H groups in total. The monoisotopic (exact) mass is 433 g/mol. The van der Waals surface area contributed by atoms with Gasteiger partial charge in [-0.15, -0.1) is 0 Å². The number of hydrogen-bond donors (Lipinski definition) is 1. The number of halogens is 1. The van der Waals surface area contributed by atoms with E-state index in [1.54, 1.807) is 6.20 Å². The molecular formula is C26H28ClN3O. The molecule has 160 valence electrons. The Morgan fingerprint density at radius 3 is 2.55 bits per heavy atom. The molecule has 0 saturated carbocycles. The number of nitrogens with zero attached hydrogens (tertiary/aromatic N) is 2. The first kappa shape index (κ1) is 21.5. The van der Waals surface area contributed by atoms with E-state index in [9.17, 15) is 4.79 Å². The highest BCUT2D eigenvalue weighted by Gasteiger charge is 2.28. The van der Waals surface area contributed by atoms with Gasteiger partial charge >= 0.3 is 0 Å². The zero-order chi connectivity index (χ0) is 21.6. The van der Waals surface area contributed by atoms with E-state index in [0.29, 0.717) is 0 Å². The van der Waals surface area contributed by atoms with Gasteiger partial charge in [0.2, 0.25) is 5.91 Å². The molecule has 1 amide bonds. The fourth-order valence-corrected chi connectivity index (χ4v) is 4.35. The van der Waals surface area contributed by atoms with Crippen LogP contribution in [0.2, 0.25) is 5.02 Å². The van der Waals surface area contributed by atoms with Gasteiger partial charge in [0.1, 0.15) is 0 Å². The molecule has 1 aromatic heterocycles. The summed E-state index contributed by atoms with van der Waals surface area (Å²) in [5.74, 6) is 0.130. The fourth-order valence-electron chi connectivity index (χ4n) is 4.14. The minimum absolute atomic E-state index is 0.0206. The first-order valence-corrected chi connectivity index (χ1v) is 11.2. The maximum absolute atomic E-state index is 13.2. The molecule has 0 bridgehead atoms. The largest absolute Gasteiger partial charge is 0.343 e. The van der Waals surface area contributed by atoms with Crippen LogP contribution < -0.4 is 5.32 Å². The number of benzene rings is 2. The Morgan fingerprint density at radius 1 is 1.10 bits per heavy atom. The van der Waals surface area contributed by atoms with Crippen LogP contribution in [-0.4, -0.2) is 28.9 Å². The number of nitrogens with one attached hydrogen (secondary N) is 1. The van der Waals surface area contributed by atoms with E-state index in [1.807, 2.05) is 36.4 Å². The van der Waals surface area contributed by atoms with Crippen molar-refractivity contribution in [3.8, 4) is 0 Å². The Kier molecular flexibility index (Phi) is 7.00. The van der Waals surface area contributed by atoms with Crippen LogP contribution in [0.25, 0.3) is 0 Å². The van der Waals surface area contributed by atoms with Crippen LogP contribution >= 0.6 is 11.6 Å². The summed E-state index contributed by atoms with van der Waals surface area (Å²) in [5, 5.41) is 4.04. The quantitative estimate of drug-likeness (QED) is 0.583. The molecule has 5 heteroatoms. The SMILES string of the molecule is Cc1ccc(C(NC(=O)C2CCN(Cc3cccc(Cl)c3)CC2)c2ccccn2)cc1. The molecule has 1 unspecified atom stereocenters. The maximum atomic E-state index is 13.2. The fraction of sp³-hybridized carbons (Fsp3) is 0.308. The molecule has 0 spiro atoms. The number of amides is 1. The lowest BCUT2D eigenvalue weighted by Gasteiger charge is -2.32. The number of aromatic nitrogens is 1. The van der Waals surface area contributed by atoms with Crippen LogP contribution in [0.4, 0.5) is 0 Å². The third kappa shape index (κ3) is 5.72. The second kappa shape index (κ2) is 10.1. The van der Waals surface area contributed by atoms with Crippen molar-refractivity contribution in [2.75, 3.05) is 13.1 Å². The second-order valence-corrected chi connectivity index (χ2v) is 8.72. The van der Waals surface area contributed by atoms with Gasteiger partial charge in [0, 0.05) is 23.7 Å². The van der Waals surface area contributed by atoms with Gasteiger partial charge in [0.25, 0.3) is 0 Å². The van der Waals surface area contributed by atoms with Crippen LogP contribution in [-0.2, 0) is 11.3 Å². The summed E-state index contributed by atoms with van der Waals surface area (Å²) in [4.78, 5) is 20.1. The lowest BCUT2D eigenvalue weighted by molar-refractivity contribution is -0.127. The summed E-state index contributed by atoms with van der Waals surface area (Å²) in [6.45, 7) is 4.75. The maximum Gasteiger partial charge on any atom is 0.224 e. The summed E-state index contributed by atoms with van der Waals surface area (Å²) >= 11 is 6.11. The second-order valence-electron chi connectivity index (χ2n) is 8.29. The van der Waals surface area contributed by atoms with Crippen LogP contribution in [0.1, 0.15) is 41.3 Å². The Morgan fingerprint density at radius 2 is 1.87 bits per heavy atom. The molecule has 4 nitrogen and oxygen atoms in total. The summed E-state index contributed by atoms with van der Waals surface area (Å²) in [5.41, 5.74) is 4.32. The summed E-state index contributed by atoms with van der Waals surface area (Å²) in [6.07, 6.45) is 3.49. The van der Waals surface area contributed by atoms with E-state index >= 15 is 0 Å². The molecule has 0 radical (unpaired) electrons. The Balaban J connectivity index is 1.39. The minimum Gasteiger partial charge on any atom is -0.343 e. The van der Waals surface area contributed by atoms with Gasteiger partial charge in [-0.1, -0.05) is 59.6 Å². The summed E-state index contributed by atoms with van der Waals surface area (Å²) < 4.78 is 0. The van der Waals surface area contributed by atoms with Crippen molar-refractivity contribution in [1.82, 2.24) is 15.2 Å². The molecule has 1 aliphatic heterocycles. The molecule has 2 heterocycles. The molecule has 2 aromatic carbocycles. The van der Waals surface area contributed by atoms with Crippen molar-refractivity contribution >= 4 is 17.5 Å². The zero-order valence-corrected chi connectivity index (χ0v) is 18.6. The van der Waals surface area contributed by atoms with Crippen molar-refractivity contribution in [1.29, 1.82) is 0 Å². The molecule has 1 fully saturated rings. The smallest absolute Gasteiger partial charge is 0.224 e.